The van der Waals surface area contributed by atoms with Gasteiger partial charge in [0.1, 0.15) is 8.07 Å². The predicted octanol–water partition coefficient (Wildman–Crippen LogP) is 1.92. The fraction of sp³-hybridized carbons (Fsp3) is 0.250. The van der Waals surface area contributed by atoms with Crippen molar-refractivity contribution in [2.75, 3.05) is 0 Å². The molecule has 0 atom stereocenters. The van der Waals surface area contributed by atoms with Crippen molar-refractivity contribution >= 4 is 13.5 Å². The third kappa shape index (κ3) is 1.21. The van der Waals surface area contributed by atoms with Crippen LogP contribution in [0.3, 0.4) is 0 Å². The van der Waals surface area contributed by atoms with E-state index in [0.29, 0.717) is 0 Å². The highest BCUT2D eigenvalue weighted by Gasteiger charge is 2.21. The molecule has 0 aromatic carbocycles. The van der Waals surface area contributed by atoms with Gasteiger partial charge in [0.25, 0.3) is 0 Å². The Labute approximate surface area is 62.4 Å². The highest BCUT2D eigenvalue weighted by atomic mass is 28.3. The first kappa shape index (κ1) is 7.35. The summed E-state index contributed by atoms with van der Waals surface area (Å²) in [5.41, 5.74) is 2.02. The van der Waals surface area contributed by atoms with E-state index in [4.69, 9.17) is 4.42 Å². The van der Waals surface area contributed by atoms with Crippen LogP contribution < -0.4 is 5.38 Å². The Morgan fingerprint density at radius 2 is 2.30 bits per heavy atom. The minimum absolute atomic E-state index is 1.10. The molecular formula is C8H12OSi. The Hall–Kier alpha value is -0.763. The zero-order valence-electron chi connectivity index (χ0n) is 6.42. The summed E-state index contributed by atoms with van der Waals surface area (Å²) in [4.78, 5) is 0. The average molecular weight is 152 g/mol. The van der Waals surface area contributed by atoms with Crippen molar-refractivity contribution in [3.63, 3.8) is 0 Å². The van der Waals surface area contributed by atoms with Crippen molar-refractivity contribution in [3.05, 3.63) is 30.7 Å². The predicted molar refractivity (Wildman–Crippen MR) is 46.0 cm³/mol. The van der Waals surface area contributed by atoms with Crippen LogP contribution in [0.25, 0.3) is 0 Å². The molecule has 10 heavy (non-hydrogen) atoms. The monoisotopic (exact) mass is 152 g/mol. The number of hydrogen-bond donors (Lipinski definition) is 0. The van der Waals surface area contributed by atoms with Crippen LogP contribution in [0.4, 0.5) is 0 Å². The lowest BCUT2D eigenvalue weighted by Crippen LogP contribution is -2.37. The van der Waals surface area contributed by atoms with Crippen LogP contribution >= 0.6 is 0 Å². The molecule has 2 heteroatoms. The zero-order chi connectivity index (χ0) is 7.61. The van der Waals surface area contributed by atoms with Crippen LogP contribution in [0.15, 0.2) is 35.1 Å². The van der Waals surface area contributed by atoms with Gasteiger partial charge in [-0.15, -0.1) is 6.58 Å². The molecule has 0 fully saturated rings. The molecule has 0 spiro atoms. The molecule has 1 nitrogen and oxygen atoms in total. The smallest absolute Gasteiger partial charge is 0.148 e. The largest absolute Gasteiger partial charge is 0.474 e. The van der Waals surface area contributed by atoms with Crippen molar-refractivity contribution in [3.8, 4) is 0 Å². The van der Waals surface area contributed by atoms with E-state index in [0.717, 1.165) is 5.38 Å². The normalized spacial score (nSPS) is 11.4. The van der Waals surface area contributed by atoms with Gasteiger partial charge in [-0.1, -0.05) is 18.8 Å². The first-order valence-electron chi connectivity index (χ1n) is 3.34. The summed E-state index contributed by atoms with van der Waals surface area (Å²) in [5.74, 6) is 0. The Kier molecular flexibility index (Phi) is 1.81. The van der Waals surface area contributed by atoms with Crippen LogP contribution in [-0.4, -0.2) is 8.07 Å². The van der Waals surface area contributed by atoms with E-state index in [1.807, 2.05) is 17.8 Å². The lowest BCUT2D eigenvalue weighted by molar-refractivity contribution is 0.598. The summed E-state index contributed by atoms with van der Waals surface area (Å²) in [5, 5.41) is 1.10. The third-order valence-electron chi connectivity index (χ3n) is 1.67. The van der Waals surface area contributed by atoms with Gasteiger partial charge in [-0.2, -0.15) is 0 Å². The van der Waals surface area contributed by atoms with E-state index >= 15 is 0 Å². The van der Waals surface area contributed by atoms with Crippen molar-refractivity contribution in [2.24, 2.45) is 0 Å². The van der Waals surface area contributed by atoms with E-state index in [-0.39, 0.29) is 0 Å². The lowest BCUT2D eigenvalue weighted by atomic mass is 10.7. The van der Waals surface area contributed by atoms with Gasteiger partial charge in [0.05, 0.1) is 11.6 Å². The zero-order valence-corrected chi connectivity index (χ0v) is 7.42. The molecule has 0 unspecified atom stereocenters. The molecule has 0 N–H and O–H groups in total. The number of hydrogen-bond acceptors (Lipinski definition) is 1. The maximum atomic E-state index is 5.28. The second-order valence-corrected chi connectivity index (χ2v) is 7.25. The molecule has 0 radical (unpaired) electrons. The third-order valence-corrected chi connectivity index (χ3v) is 4.24. The van der Waals surface area contributed by atoms with Gasteiger partial charge < -0.3 is 4.42 Å². The first-order valence-corrected chi connectivity index (χ1v) is 6.42. The standard InChI is InChI=1S/C8H12OSi/c1-4-10(2,3)8-6-5-7-9-8/h4-7H,1H2,2-3H3. The molecule has 1 aromatic rings. The van der Waals surface area contributed by atoms with E-state index < -0.39 is 8.07 Å². The van der Waals surface area contributed by atoms with Gasteiger partial charge in [-0.25, -0.2) is 0 Å². The molecule has 1 heterocycles. The maximum absolute atomic E-state index is 5.28. The van der Waals surface area contributed by atoms with Crippen LogP contribution in [0.2, 0.25) is 13.1 Å². The molecule has 0 aliphatic heterocycles. The summed E-state index contributed by atoms with van der Waals surface area (Å²) < 4.78 is 5.28. The molecule has 54 valence electrons. The van der Waals surface area contributed by atoms with Gasteiger partial charge in [-0.3, -0.25) is 0 Å². The number of rotatable bonds is 2. The molecular weight excluding hydrogens is 140 g/mol. The molecule has 0 saturated heterocycles. The van der Waals surface area contributed by atoms with E-state index in [1.54, 1.807) is 6.26 Å². The highest BCUT2D eigenvalue weighted by Crippen LogP contribution is 2.03. The van der Waals surface area contributed by atoms with Crippen LogP contribution in [0.1, 0.15) is 0 Å². The van der Waals surface area contributed by atoms with Gasteiger partial charge in [0.2, 0.25) is 0 Å². The second-order valence-electron chi connectivity index (χ2n) is 2.90. The Balaban J connectivity index is 2.95. The fourth-order valence-electron chi connectivity index (χ4n) is 0.746. The summed E-state index contributed by atoms with van der Waals surface area (Å²) in [7, 11) is -1.40. The van der Waals surface area contributed by atoms with Gasteiger partial charge in [0.15, 0.2) is 0 Å². The van der Waals surface area contributed by atoms with Crippen molar-refractivity contribution < 1.29 is 4.42 Å². The lowest BCUT2D eigenvalue weighted by Gasteiger charge is -2.11. The Morgan fingerprint density at radius 3 is 2.70 bits per heavy atom. The van der Waals surface area contributed by atoms with Gasteiger partial charge in [-0.05, 0) is 12.1 Å². The molecule has 0 amide bonds. The minimum Gasteiger partial charge on any atom is -0.474 e. The quantitative estimate of drug-likeness (QED) is 0.590. The van der Waals surface area contributed by atoms with Crippen LogP contribution in [0, 0.1) is 0 Å². The molecule has 0 aliphatic rings. The van der Waals surface area contributed by atoms with Gasteiger partial charge in [0, 0.05) is 0 Å². The average Bonchev–Trinajstić information content (AvgIpc) is 2.38. The Morgan fingerprint density at radius 1 is 1.60 bits per heavy atom. The van der Waals surface area contributed by atoms with E-state index in [1.165, 1.54) is 0 Å². The van der Waals surface area contributed by atoms with Gasteiger partial charge >= 0.3 is 0 Å². The molecule has 1 aromatic heterocycles. The first-order chi connectivity index (χ1) is 4.67. The number of furan rings is 1. The minimum atomic E-state index is -1.40. The van der Waals surface area contributed by atoms with Crippen molar-refractivity contribution in [1.82, 2.24) is 0 Å². The summed E-state index contributed by atoms with van der Waals surface area (Å²) >= 11 is 0. The highest BCUT2D eigenvalue weighted by molar-refractivity contribution is 6.92. The molecule has 1 rings (SSSR count). The van der Waals surface area contributed by atoms with E-state index in [2.05, 4.69) is 19.7 Å². The topological polar surface area (TPSA) is 13.1 Å². The molecule has 0 bridgehead atoms. The van der Waals surface area contributed by atoms with Crippen molar-refractivity contribution in [1.29, 1.82) is 0 Å². The Bertz CT molecular complexity index is 211. The maximum Gasteiger partial charge on any atom is 0.148 e. The summed E-state index contributed by atoms with van der Waals surface area (Å²) in [6.45, 7) is 8.20. The second kappa shape index (κ2) is 2.46. The SMILES string of the molecule is C=C[Si](C)(C)c1ccco1. The van der Waals surface area contributed by atoms with Crippen LogP contribution in [-0.2, 0) is 0 Å². The molecule has 0 saturated carbocycles. The molecule has 0 aliphatic carbocycles. The van der Waals surface area contributed by atoms with Crippen LogP contribution in [0.5, 0.6) is 0 Å². The fourth-order valence-corrected chi connectivity index (χ4v) is 1.84. The van der Waals surface area contributed by atoms with Crippen molar-refractivity contribution in [2.45, 2.75) is 13.1 Å². The summed E-state index contributed by atoms with van der Waals surface area (Å²) in [6, 6.07) is 3.95. The van der Waals surface area contributed by atoms with E-state index in [9.17, 15) is 0 Å². The summed E-state index contributed by atoms with van der Waals surface area (Å²) in [6.07, 6.45) is 1.72.